The number of aliphatic imine (C=N–C) groups is 2. The van der Waals surface area contributed by atoms with Gasteiger partial charge in [0.2, 0.25) is 0 Å². The van der Waals surface area contributed by atoms with E-state index in [9.17, 15) is 0 Å². The first-order valence-electron chi connectivity index (χ1n) is 5.03. The van der Waals surface area contributed by atoms with Crippen LogP contribution in [0.15, 0.2) is 52.5 Å². The van der Waals surface area contributed by atoms with Gasteiger partial charge in [0, 0.05) is 5.56 Å². The van der Waals surface area contributed by atoms with E-state index >= 15 is 0 Å². The molecule has 2 rings (SSSR count). The summed E-state index contributed by atoms with van der Waals surface area (Å²) in [5.41, 5.74) is 1.93. The Kier molecular flexibility index (Phi) is 2.50. The van der Waals surface area contributed by atoms with Crippen LogP contribution in [0, 0.1) is 0 Å². The molecule has 0 atom stereocenters. The summed E-state index contributed by atoms with van der Waals surface area (Å²) in [6.45, 7) is 4.12. The predicted molar refractivity (Wildman–Crippen MR) is 64.7 cm³/mol. The molecule has 76 valence electrons. The molecule has 0 saturated carbocycles. The van der Waals surface area contributed by atoms with Gasteiger partial charge in [-0.3, -0.25) is 4.99 Å². The quantitative estimate of drug-likeness (QED) is 0.663. The number of allylic oxidation sites excluding steroid dienone is 1. The molecule has 0 aliphatic carbocycles. The third-order valence-corrected chi connectivity index (χ3v) is 2.31. The van der Waals surface area contributed by atoms with Crippen LogP contribution in [0.4, 0.5) is 0 Å². The first-order valence-corrected chi connectivity index (χ1v) is 5.03. The highest BCUT2D eigenvalue weighted by Crippen LogP contribution is 2.14. The number of hydrogen-bond acceptors (Lipinski definition) is 2. The van der Waals surface area contributed by atoms with E-state index < -0.39 is 0 Å². The van der Waals surface area contributed by atoms with Crippen molar-refractivity contribution in [1.82, 2.24) is 0 Å². The molecule has 1 aromatic rings. The smallest absolute Gasteiger partial charge is 0.111 e. The van der Waals surface area contributed by atoms with E-state index in [2.05, 4.69) is 42.0 Å². The van der Waals surface area contributed by atoms with Crippen LogP contribution in [0.2, 0.25) is 0 Å². The Labute approximate surface area is 90.1 Å². The molecule has 2 nitrogen and oxygen atoms in total. The maximum absolute atomic E-state index is 4.33. The van der Waals surface area contributed by atoms with E-state index in [1.807, 2.05) is 24.3 Å². The summed E-state index contributed by atoms with van der Waals surface area (Å²) in [5.74, 6) is 0. The van der Waals surface area contributed by atoms with Crippen molar-refractivity contribution in [2.24, 2.45) is 9.98 Å². The van der Waals surface area contributed by atoms with Gasteiger partial charge in [-0.15, -0.1) is 0 Å². The fourth-order valence-corrected chi connectivity index (χ4v) is 1.39. The average molecular weight is 198 g/mol. The first kappa shape index (κ1) is 9.84. The molecule has 0 aromatic heterocycles. The number of nitrogens with zero attached hydrogens (tertiary/aromatic N) is 2. The number of hydrogen-bond donors (Lipinski definition) is 0. The van der Waals surface area contributed by atoms with Crippen LogP contribution in [-0.4, -0.2) is 17.6 Å². The molecule has 0 radical (unpaired) electrons. The van der Waals surface area contributed by atoms with Crippen LogP contribution < -0.4 is 0 Å². The molecule has 0 amide bonds. The van der Waals surface area contributed by atoms with Gasteiger partial charge in [-0.2, -0.15) is 0 Å². The second-order valence-corrected chi connectivity index (χ2v) is 4.11. The molecule has 0 fully saturated rings. The second kappa shape index (κ2) is 3.81. The van der Waals surface area contributed by atoms with Gasteiger partial charge in [0.05, 0.1) is 11.3 Å². The van der Waals surface area contributed by atoms with Gasteiger partial charge in [0.1, 0.15) is 6.34 Å². The van der Waals surface area contributed by atoms with Gasteiger partial charge in [-0.25, -0.2) is 4.99 Å². The van der Waals surface area contributed by atoms with E-state index in [1.165, 1.54) is 0 Å². The summed E-state index contributed by atoms with van der Waals surface area (Å²) >= 11 is 0. The molecular formula is C13H14N2. The van der Waals surface area contributed by atoms with Gasteiger partial charge in [-0.05, 0) is 19.9 Å². The number of rotatable bonds is 1. The zero-order valence-electron chi connectivity index (χ0n) is 9.01. The summed E-state index contributed by atoms with van der Waals surface area (Å²) in [6.07, 6.45) is 5.74. The lowest BCUT2D eigenvalue weighted by Gasteiger charge is -2.10. The van der Waals surface area contributed by atoms with E-state index in [0.717, 1.165) is 11.3 Å². The third kappa shape index (κ3) is 2.40. The molecule has 1 aliphatic rings. The summed E-state index contributed by atoms with van der Waals surface area (Å²) in [5, 5.41) is 0. The van der Waals surface area contributed by atoms with Crippen LogP contribution in [0.5, 0.6) is 0 Å². The minimum absolute atomic E-state index is 0.153. The van der Waals surface area contributed by atoms with E-state index in [-0.39, 0.29) is 5.54 Å². The minimum atomic E-state index is -0.153. The molecule has 1 aliphatic heterocycles. The largest absolute Gasteiger partial charge is 0.263 e. The Bertz CT molecular complexity index is 425. The predicted octanol–water partition coefficient (Wildman–Crippen LogP) is 2.85. The summed E-state index contributed by atoms with van der Waals surface area (Å²) in [4.78, 5) is 8.66. The lowest BCUT2D eigenvalue weighted by molar-refractivity contribution is 0.662. The highest BCUT2D eigenvalue weighted by molar-refractivity contribution is 6.11. The van der Waals surface area contributed by atoms with Crippen LogP contribution in [0.1, 0.15) is 19.4 Å². The van der Waals surface area contributed by atoms with Crippen molar-refractivity contribution in [1.29, 1.82) is 0 Å². The van der Waals surface area contributed by atoms with Gasteiger partial charge in [-0.1, -0.05) is 36.4 Å². The lowest BCUT2D eigenvalue weighted by atomic mass is 10.0. The van der Waals surface area contributed by atoms with Gasteiger partial charge in [0.25, 0.3) is 0 Å². The molecule has 0 N–H and O–H groups in total. The standard InChI is InChI=1S/C13H14N2/c1-13(2)9-8-12(14-10-15-13)11-6-4-3-5-7-11/h3-10H,1-2H3. The fourth-order valence-electron chi connectivity index (χ4n) is 1.39. The molecule has 15 heavy (non-hydrogen) atoms. The molecule has 1 heterocycles. The van der Waals surface area contributed by atoms with Crippen LogP contribution in [0.25, 0.3) is 0 Å². The SMILES string of the molecule is CC1(C)C=CC(c2ccccc2)=NC=N1. The van der Waals surface area contributed by atoms with E-state index in [1.54, 1.807) is 6.34 Å². The third-order valence-electron chi connectivity index (χ3n) is 2.31. The molecule has 0 bridgehead atoms. The normalized spacial score (nSPS) is 18.4. The molecule has 0 unspecified atom stereocenters. The van der Waals surface area contributed by atoms with Crippen LogP contribution >= 0.6 is 0 Å². The molecule has 0 spiro atoms. The lowest BCUT2D eigenvalue weighted by Crippen LogP contribution is -2.11. The minimum Gasteiger partial charge on any atom is -0.263 e. The average Bonchev–Trinajstić information content (AvgIpc) is 2.41. The van der Waals surface area contributed by atoms with Crippen molar-refractivity contribution in [2.75, 3.05) is 0 Å². The summed E-state index contributed by atoms with van der Waals surface area (Å²) in [6, 6.07) is 10.1. The Balaban J connectivity index is 2.34. The Morgan fingerprint density at radius 3 is 2.53 bits per heavy atom. The van der Waals surface area contributed by atoms with Crippen molar-refractivity contribution >= 4 is 12.1 Å². The maximum atomic E-state index is 4.33. The molecule has 2 heteroatoms. The van der Waals surface area contributed by atoms with Crippen LogP contribution in [-0.2, 0) is 0 Å². The number of benzene rings is 1. The molecule has 0 saturated heterocycles. The monoisotopic (exact) mass is 198 g/mol. The van der Waals surface area contributed by atoms with Gasteiger partial charge < -0.3 is 0 Å². The first-order chi connectivity index (χ1) is 7.17. The maximum Gasteiger partial charge on any atom is 0.111 e. The van der Waals surface area contributed by atoms with Crippen LogP contribution in [0.3, 0.4) is 0 Å². The van der Waals surface area contributed by atoms with E-state index in [4.69, 9.17) is 0 Å². The van der Waals surface area contributed by atoms with Crippen molar-refractivity contribution < 1.29 is 0 Å². The highest BCUT2D eigenvalue weighted by atomic mass is 14.9. The second-order valence-electron chi connectivity index (χ2n) is 4.11. The van der Waals surface area contributed by atoms with E-state index in [0.29, 0.717) is 0 Å². The topological polar surface area (TPSA) is 24.7 Å². The van der Waals surface area contributed by atoms with Gasteiger partial charge >= 0.3 is 0 Å². The Morgan fingerprint density at radius 2 is 1.80 bits per heavy atom. The summed E-state index contributed by atoms with van der Waals surface area (Å²) < 4.78 is 0. The summed E-state index contributed by atoms with van der Waals surface area (Å²) in [7, 11) is 0. The van der Waals surface area contributed by atoms with Gasteiger partial charge in [0.15, 0.2) is 0 Å². The molecule has 1 aromatic carbocycles. The highest BCUT2D eigenvalue weighted by Gasteiger charge is 2.12. The fraction of sp³-hybridized carbons (Fsp3) is 0.231. The zero-order valence-corrected chi connectivity index (χ0v) is 9.01. The molecular weight excluding hydrogens is 184 g/mol. The van der Waals surface area contributed by atoms with Crippen molar-refractivity contribution in [3.8, 4) is 0 Å². The van der Waals surface area contributed by atoms with Crippen molar-refractivity contribution in [3.63, 3.8) is 0 Å². The Morgan fingerprint density at radius 1 is 1.07 bits per heavy atom. The zero-order chi connectivity index (χ0) is 10.7. The van der Waals surface area contributed by atoms with Crippen molar-refractivity contribution in [3.05, 3.63) is 48.0 Å². The van der Waals surface area contributed by atoms with Crippen molar-refractivity contribution in [2.45, 2.75) is 19.4 Å². The Hall–Kier alpha value is -1.70.